The number of hydrogen-bond acceptors (Lipinski definition) is 4. The molecular formula is C22H27Br2NO4. The molecule has 4 unspecified atom stereocenters. The van der Waals surface area contributed by atoms with Crippen molar-refractivity contribution in [1.82, 2.24) is 0 Å². The van der Waals surface area contributed by atoms with Crippen LogP contribution in [0.1, 0.15) is 58.3 Å². The van der Waals surface area contributed by atoms with Crippen LogP contribution in [0, 0.1) is 11.8 Å². The third kappa shape index (κ3) is 5.29. The van der Waals surface area contributed by atoms with E-state index in [9.17, 15) is 14.4 Å². The van der Waals surface area contributed by atoms with Crippen LogP contribution >= 0.6 is 31.9 Å². The summed E-state index contributed by atoms with van der Waals surface area (Å²) in [4.78, 5) is 39.3. The van der Waals surface area contributed by atoms with Gasteiger partial charge in [-0.2, -0.15) is 0 Å². The van der Waals surface area contributed by atoms with Gasteiger partial charge in [-0.3, -0.25) is 19.3 Å². The van der Waals surface area contributed by atoms with Gasteiger partial charge in [0, 0.05) is 16.1 Å². The number of benzene rings is 1. The third-order valence-electron chi connectivity index (χ3n) is 5.72. The maximum absolute atomic E-state index is 12.8. The van der Waals surface area contributed by atoms with Crippen LogP contribution in [-0.4, -0.2) is 27.4 Å². The maximum atomic E-state index is 12.8. The van der Waals surface area contributed by atoms with E-state index in [-0.39, 0.29) is 39.3 Å². The number of imide groups is 1. The molecule has 158 valence electrons. The molecule has 1 aromatic carbocycles. The van der Waals surface area contributed by atoms with E-state index in [4.69, 9.17) is 4.74 Å². The lowest BCUT2D eigenvalue weighted by Crippen LogP contribution is -2.34. The van der Waals surface area contributed by atoms with Crippen LogP contribution in [0.5, 0.6) is 5.75 Å². The van der Waals surface area contributed by atoms with Crippen molar-refractivity contribution in [3.05, 3.63) is 24.3 Å². The molecule has 5 nitrogen and oxygen atoms in total. The number of nitrogens with zero attached hydrogens (tertiary/aromatic N) is 1. The maximum Gasteiger partial charge on any atom is 0.311 e. The monoisotopic (exact) mass is 527 g/mol. The highest BCUT2D eigenvalue weighted by atomic mass is 79.9. The van der Waals surface area contributed by atoms with Gasteiger partial charge < -0.3 is 4.74 Å². The second-order valence-corrected chi connectivity index (χ2v) is 10.2. The van der Waals surface area contributed by atoms with Crippen LogP contribution in [-0.2, 0) is 14.4 Å². The highest BCUT2D eigenvalue weighted by Gasteiger charge is 2.52. The molecule has 1 heterocycles. The molecule has 1 aliphatic heterocycles. The van der Waals surface area contributed by atoms with E-state index in [2.05, 4.69) is 38.8 Å². The lowest BCUT2D eigenvalue weighted by molar-refractivity contribution is -0.134. The Morgan fingerprint density at radius 1 is 0.966 bits per heavy atom. The van der Waals surface area contributed by atoms with Gasteiger partial charge in [0.15, 0.2) is 0 Å². The molecule has 2 amide bonds. The second kappa shape index (κ2) is 10.2. The highest BCUT2D eigenvalue weighted by molar-refractivity contribution is 9.12. The zero-order chi connectivity index (χ0) is 21.0. The molecule has 0 aromatic heterocycles. The Labute approximate surface area is 188 Å². The summed E-state index contributed by atoms with van der Waals surface area (Å²) in [5.41, 5.74) is 0.533. The summed E-state index contributed by atoms with van der Waals surface area (Å²) in [5.74, 6) is -0.636. The molecule has 1 aromatic rings. The first-order chi connectivity index (χ1) is 13.9. The normalized spacial score (nSPS) is 26.5. The van der Waals surface area contributed by atoms with Crippen molar-refractivity contribution in [2.24, 2.45) is 11.8 Å². The minimum absolute atomic E-state index is 0.138. The van der Waals surface area contributed by atoms with Gasteiger partial charge in [0.2, 0.25) is 11.8 Å². The van der Waals surface area contributed by atoms with Crippen molar-refractivity contribution in [2.75, 3.05) is 4.90 Å². The molecule has 0 spiro atoms. The minimum atomic E-state index is -0.272. The Bertz CT molecular complexity index is 724. The lowest BCUT2D eigenvalue weighted by Gasteiger charge is -2.29. The molecule has 1 aliphatic carbocycles. The number of hydrogen-bond donors (Lipinski definition) is 0. The van der Waals surface area contributed by atoms with Crippen LogP contribution in [0.15, 0.2) is 24.3 Å². The van der Waals surface area contributed by atoms with Crippen LogP contribution in [0.25, 0.3) is 0 Å². The second-order valence-electron chi connectivity index (χ2n) is 7.86. The largest absolute Gasteiger partial charge is 0.427 e. The number of esters is 1. The van der Waals surface area contributed by atoms with Crippen molar-refractivity contribution in [1.29, 1.82) is 0 Å². The fourth-order valence-corrected chi connectivity index (χ4v) is 5.31. The van der Waals surface area contributed by atoms with Crippen LogP contribution < -0.4 is 9.64 Å². The number of halogens is 2. The van der Waals surface area contributed by atoms with Crippen LogP contribution in [0.3, 0.4) is 0 Å². The van der Waals surface area contributed by atoms with Gasteiger partial charge in [0.05, 0.1) is 17.5 Å². The molecule has 2 aliphatic rings. The van der Waals surface area contributed by atoms with E-state index in [0.717, 1.165) is 19.3 Å². The molecule has 0 N–H and O–H groups in total. The Morgan fingerprint density at radius 3 is 2.07 bits per heavy atom. The molecule has 7 heteroatoms. The summed E-state index contributed by atoms with van der Waals surface area (Å²) in [6.45, 7) is 2.16. The first-order valence-corrected chi connectivity index (χ1v) is 12.2. The zero-order valence-electron chi connectivity index (χ0n) is 16.6. The Morgan fingerprint density at radius 2 is 1.52 bits per heavy atom. The van der Waals surface area contributed by atoms with Gasteiger partial charge in [-0.25, -0.2) is 0 Å². The number of alkyl halides is 2. The van der Waals surface area contributed by atoms with Crippen LogP contribution in [0.2, 0.25) is 0 Å². The minimum Gasteiger partial charge on any atom is -0.427 e. The average molecular weight is 529 g/mol. The smallest absolute Gasteiger partial charge is 0.311 e. The summed E-state index contributed by atoms with van der Waals surface area (Å²) in [7, 11) is 0. The predicted octanol–water partition coefficient (Wildman–Crippen LogP) is 5.38. The first-order valence-electron chi connectivity index (χ1n) is 10.4. The number of carbonyl (C=O) groups is 3. The van der Waals surface area contributed by atoms with Crippen molar-refractivity contribution in [3.8, 4) is 5.75 Å². The Balaban J connectivity index is 1.58. The summed E-state index contributed by atoms with van der Waals surface area (Å²) in [5, 5.41) is 0. The van der Waals surface area contributed by atoms with Gasteiger partial charge >= 0.3 is 5.97 Å². The predicted molar refractivity (Wildman–Crippen MR) is 120 cm³/mol. The van der Waals surface area contributed by atoms with E-state index in [1.54, 1.807) is 24.3 Å². The third-order valence-corrected chi connectivity index (χ3v) is 8.46. The zero-order valence-corrected chi connectivity index (χ0v) is 19.8. The number of anilines is 1. The van der Waals surface area contributed by atoms with Gasteiger partial charge in [-0.05, 0) is 43.5 Å². The molecule has 0 radical (unpaired) electrons. The standard InChI is InChI=1S/C22H27Br2NO4/c1-2-3-4-5-6-7-20(26)29-15-10-8-14(9-11-15)25-21(27)16-12-18(23)19(24)13-17(16)22(25)28/h8-11,16-19H,2-7,12-13H2,1H3. The number of carbonyl (C=O) groups excluding carboxylic acids is 3. The average Bonchev–Trinajstić information content (AvgIpc) is 2.93. The summed E-state index contributed by atoms with van der Waals surface area (Å²) in [6, 6.07) is 6.64. The number of ether oxygens (including phenoxy) is 1. The van der Waals surface area contributed by atoms with Crippen molar-refractivity contribution in [2.45, 2.75) is 67.9 Å². The number of fused-ring (bicyclic) bond motifs is 1. The quantitative estimate of drug-likeness (QED) is 0.149. The SMILES string of the molecule is CCCCCCCC(=O)Oc1ccc(N2C(=O)C3CC(Br)C(Br)CC3C2=O)cc1. The van der Waals surface area contributed by atoms with Crippen LogP contribution in [0.4, 0.5) is 5.69 Å². The van der Waals surface area contributed by atoms with Gasteiger partial charge in [0.1, 0.15) is 5.75 Å². The summed E-state index contributed by atoms with van der Waals surface area (Å²) < 4.78 is 5.38. The molecule has 4 atom stereocenters. The first kappa shape index (κ1) is 22.5. The molecule has 1 saturated carbocycles. The van der Waals surface area contributed by atoms with Gasteiger partial charge in [-0.15, -0.1) is 0 Å². The Hall–Kier alpha value is -1.21. The topological polar surface area (TPSA) is 63.7 Å². The highest BCUT2D eigenvalue weighted by Crippen LogP contribution is 2.44. The Kier molecular flexibility index (Phi) is 7.91. The lowest BCUT2D eigenvalue weighted by atomic mass is 9.81. The van der Waals surface area contributed by atoms with E-state index in [1.165, 1.54) is 17.7 Å². The fraction of sp³-hybridized carbons (Fsp3) is 0.591. The van der Waals surface area contributed by atoms with Gasteiger partial charge in [-0.1, -0.05) is 64.5 Å². The summed E-state index contributed by atoms with van der Waals surface area (Å²) in [6.07, 6.45) is 7.08. The number of rotatable bonds is 8. The van der Waals surface area contributed by atoms with E-state index in [1.807, 2.05) is 0 Å². The van der Waals surface area contributed by atoms with E-state index < -0.39 is 0 Å². The molecule has 1 saturated heterocycles. The number of amides is 2. The molecule has 29 heavy (non-hydrogen) atoms. The van der Waals surface area contributed by atoms with E-state index >= 15 is 0 Å². The van der Waals surface area contributed by atoms with E-state index in [0.29, 0.717) is 30.7 Å². The molecule has 2 fully saturated rings. The van der Waals surface area contributed by atoms with Crippen molar-refractivity contribution >= 4 is 55.3 Å². The van der Waals surface area contributed by atoms with Crippen molar-refractivity contribution in [3.63, 3.8) is 0 Å². The van der Waals surface area contributed by atoms with Gasteiger partial charge in [0.25, 0.3) is 0 Å². The summed E-state index contributed by atoms with van der Waals surface area (Å²) >= 11 is 7.20. The molecular weight excluding hydrogens is 502 g/mol. The van der Waals surface area contributed by atoms with Crippen molar-refractivity contribution < 1.29 is 19.1 Å². The fourth-order valence-electron chi connectivity index (χ4n) is 4.07. The molecule has 3 rings (SSSR count). The molecule has 0 bridgehead atoms. The number of unbranched alkanes of at least 4 members (excludes halogenated alkanes) is 4.